The molecule has 78 valence electrons. The second-order valence-electron chi connectivity index (χ2n) is 3.37. The highest BCUT2D eigenvalue weighted by Gasteiger charge is 2.81. The second kappa shape index (κ2) is 2.50. The molecule has 0 saturated heterocycles. The molecule has 2 unspecified atom stereocenters. The van der Waals surface area contributed by atoms with Gasteiger partial charge in [0, 0.05) is 11.3 Å². The summed E-state index contributed by atoms with van der Waals surface area (Å²) in [5.41, 5.74) is -5.11. The number of alkyl halides is 3. The minimum atomic E-state index is -4.79. The van der Waals surface area contributed by atoms with Gasteiger partial charge in [-0.25, -0.2) is 0 Å². The van der Waals surface area contributed by atoms with E-state index in [9.17, 15) is 23.4 Å². The minimum absolute atomic E-state index is 0.150. The monoisotopic (exact) mass is 224 g/mol. The fourth-order valence-electron chi connectivity index (χ4n) is 1.47. The molecule has 1 aliphatic carbocycles. The summed E-state index contributed by atoms with van der Waals surface area (Å²) in [7, 11) is 0. The SMILES string of the molecule is OC1(c2cccs2)CC1(O)C(F)(F)F. The van der Waals surface area contributed by atoms with Gasteiger partial charge in [0.25, 0.3) is 0 Å². The van der Waals surface area contributed by atoms with E-state index in [0.717, 1.165) is 11.3 Å². The maximum absolute atomic E-state index is 12.3. The molecule has 1 aromatic rings. The molecule has 1 heterocycles. The molecule has 0 spiro atoms. The Labute approximate surface area is 81.6 Å². The van der Waals surface area contributed by atoms with Gasteiger partial charge in [-0.15, -0.1) is 11.3 Å². The van der Waals surface area contributed by atoms with Crippen LogP contribution in [0.3, 0.4) is 0 Å². The van der Waals surface area contributed by atoms with Gasteiger partial charge in [-0.05, 0) is 11.4 Å². The van der Waals surface area contributed by atoms with E-state index in [1.807, 2.05) is 0 Å². The number of hydrogen-bond donors (Lipinski definition) is 2. The molecule has 2 nitrogen and oxygen atoms in total. The largest absolute Gasteiger partial charge is 0.420 e. The second-order valence-corrected chi connectivity index (χ2v) is 4.32. The highest BCUT2D eigenvalue weighted by Crippen LogP contribution is 2.63. The Hall–Kier alpha value is -0.590. The minimum Gasteiger partial charge on any atom is -0.381 e. The average molecular weight is 224 g/mol. The number of rotatable bonds is 1. The van der Waals surface area contributed by atoms with Crippen molar-refractivity contribution in [2.75, 3.05) is 0 Å². The van der Waals surface area contributed by atoms with Gasteiger partial charge in [-0.2, -0.15) is 13.2 Å². The topological polar surface area (TPSA) is 40.5 Å². The average Bonchev–Trinajstić information content (AvgIpc) is 2.54. The lowest BCUT2D eigenvalue weighted by atomic mass is 10.1. The van der Waals surface area contributed by atoms with Crippen molar-refractivity contribution in [3.05, 3.63) is 22.4 Å². The van der Waals surface area contributed by atoms with Crippen molar-refractivity contribution in [1.29, 1.82) is 0 Å². The normalized spacial score (nSPS) is 37.2. The van der Waals surface area contributed by atoms with Crippen LogP contribution in [0.4, 0.5) is 13.2 Å². The Morgan fingerprint density at radius 2 is 2.00 bits per heavy atom. The van der Waals surface area contributed by atoms with Gasteiger partial charge in [0.15, 0.2) is 5.60 Å². The van der Waals surface area contributed by atoms with Crippen molar-refractivity contribution in [2.24, 2.45) is 0 Å². The van der Waals surface area contributed by atoms with Crippen LogP contribution in [-0.4, -0.2) is 22.0 Å². The molecule has 0 bridgehead atoms. The molecule has 0 aliphatic heterocycles. The van der Waals surface area contributed by atoms with Gasteiger partial charge in [-0.1, -0.05) is 6.07 Å². The quantitative estimate of drug-likeness (QED) is 0.761. The third-order valence-corrected chi connectivity index (χ3v) is 3.49. The fraction of sp³-hybridized carbons (Fsp3) is 0.500. The number of hydrogen-bond acceptors (Lipinski definition) is 3. The third-order valence-electron chi connectivity index (χ3n) is 2.47. The maximum Gasteiger partial charge on any atom is 0.420 e. The van der Waals surface area contributed by atoms with E-state index in [2.05, 4.69) is 0 Å². The van der Waals surface area contributed by atoms with E-state index in [-0.39, 0.29) is 4.88 Å². The molecule has 14 heavy (non-hydrogen) atoms. The summed E-state index contributed by atoms with van der Waals surface area (Å²) >= 11 is 1.00. The van der Waals surface area contributed by atoms with Gasteiger partial charge >= 0.3 is 6.18 Å². The first-order valence-corrected chi connectivity index (χ1v) is 4.75. The van der Waals surface area contributed by atoms with Crippen LogP contribution in [0.1, 0.15) is 11.3 Å². The predicted molar refractivity (Wildman–Crippen MR) is 43.8 cm³/mol. The van der Waals surface area contributed by atoms with E-state index in [4.69, 9.17) is 0 Å². The van der Waals surface area contributed by atoms with Gasteiger partial charge in [0.1, 0.15) is 5.60 Å². The van der Waals surface area contributed by atoms with Gasteiger partial charge in [-0.3, -0.25) is 0 Å². The molecule has 2 atom stereocenters. The van der Waals surface area contributed by atoms with Crippen molar-refractivity contribution >= 4 is 11.3 Å². The van der Waals surface area contributed by atoms with Crippen LogP contribution < -0.4 is 0 Å². The first-order chi connectivity index (χ1) is 6.31. The molecule has 6 heteroatoms. The molecular weight excluding hydrogens is 217 g/mol. The highest BCUT2D eigenvalue weighted by atomic mass is 32.1. The Bertz CT molecular complexity index is 348. The summed E-state index contributed by atoms with van der Waals surface area (Å²) in [6.45, 7) is 0. The molecule has 1 fully saturated rings. The number of aliphatic hydroxyl groups is 2. The van der Waals surface area contributed by atoms with Crippen LogP contribution in [-0.2, 0) is 5.60 Å². The lowest BCUT2D eigenvalue weighted by Crippen LogP contribution is -2.38. The van der Waals surface area contributed by atoms with Crippen LogP contribution in [0.5, 0.6) is 0 Å². The molecule has 0 aromatic carbocycles. The van der Waals surface area contributed by atoms with Crippen LogP contribution in [0, 0.1) is 0 Å². The fourth-order valence-corrected chi connectivity index (χ4v) is 2.36. The van der Waals surface area contributed by atoms with Gasteiger partial charge in [0.05, 0.1) is 0 Å². The molecule has 2 N–H and O–H groups in total. The first kappa shape index (κ1) is 9.95. The summed E-state index contributed by atoms with van der Waals surface area (Å²) in [5, 5.41) is 20.3. The zero-order valence-corrected chi connectivity index (χ0v) is 7.69. The van der Waals surface area contributed by atoms with E-state index < -0.39 is 23.8 Å². The Morgan fingerprint density at radius 1 is 1.36 bits per heavy atom. The molecule has 2 rings (SSSR count). The summed E-state index contributed by atoms with van der Waals surface area (Å²) < 4.78 is 36.9. The maximum atomic E-state index is 12.3. The summed E-state index contributed by atoms with van der Waals surface area (Å²) in [4.78, 5) is 0.150. The van der Waals surface area contributed by atoms with Crippen molar-refractivity contribution in [2.45, 2.75) is 23.8 Å². The Kier molecular flexibility index (Phi) is 1.78. The standard InChI is InChI=1S/C8H7F3O2S/c9-8(10,11)7(13)4-6(7,12)5-2-1-3-14-5/h1-3,12-13H,4H2. The van der Waals surface area contributed by atoms with E-state index in [1.54, 1.807) is 5.38 Å². The zero-order chi connectivity index (χ0) is 10.6. The van der Waals surface area contributed by atoms with E-state index in [0.29, 0.717) is 0 Å². The molecular formula is C8H7F3O2S. The molecule has 0 radical (unpaired) electrons. The summed E-state index contributed by atoms with van der Waals surface area (Å²) in [6, 6.07) is 2.92. The van der Waals surface area contributed by atoms with Gasteiger partial charge in [0.2, 0.25) is 0 Å². The van der Waals surface area contributed by atoms with Crippen LogP contribution in [0.25, 0.3) is 0 Å². The van der Waals surface area contributed by atoms with Crippen molar-refractivity contribution in [3.63, 3.8) is 0 Å². The lowest BCUT2D eigenvalue weighted by molar-refractivity contribution is -0.239. The van der Waals surface area contributed by atoms with Crippen LogP contribution in [0.2, 0.25) is 0 Å². The molecule has 1 aromatic heterocycles. The van der Waals surface area contributed by atoms with E-state index in [1.165, 1.54) is 12.1 Å². The zero-order valence-electron chi connectivity index (χ0n) is 6.88. The Balaban J connectivity index is 2.33. The van der Waals surface area contributed by atoms with Crippen LogP contribution >= 0.6 is 11.3 Å². The number of halogens is 3. The Morgan fingerprint density at radius 3 is 2.36 bits per heavy atom. The number of thiophene rings is 1. The highest BCUT2D eigenvalue weighted by molar-refractivity contribution is 7.10. The van der Waals surface area contributed by atoms with E-state index >= 15 is 0 Å². The lowest BCUT2D eigenvalue weighted by Gasteiger charge is -2.18. The van der Waals surface area contributed by atoms with Crippen molar-refractivity contribution < 1.29 is 23.4 Å². The van der Waals surface area contributed by atoms with Gasteiger partial charge < -0.3 is 10.2 Å². The predicted octanol–water partition coefficient (Wildman–Crippen LogP) is 1.63. The van der Waals surface area contributed by atoms with Crippen LogP contribution in [0.15, 0.2) is 17.5 Å². The third kappa shape index (κ3) is 1.04. The summed E-state index contributed by atoms with van der Waals surface area (Å²) in [5.74, 6) is 0. The van der Waals surface area contributed by atoms with Crippen molar-refractivity contribution in [3.8, 4) is 0 Å². The first-order valence-electron chi connectivity index (χ1n) is 3.87. The smallest absolute Gasteiger partial charge is 0.381 e. The molecule has 1 aliphatic rings. The molecule has 0 amide bonds. The molecule has 1 saturated carbocycles. The van der Waals surface area contributed by atoms with Crippen molar-refractivity contribution in [1.82, 2.24) is 0 Å². The summed E-state index contributed by atoms with van der Waals surface area (Å²) in [6.07, 6.45) is -5.46.